The molecule has 0 saturated carbocycles. The lowest BCUT2D eigenvalue weighted by Crippen LogP contribution is -2.33. The van der Waals surface area contributed by atoms with E-state index in [-0.39, 0.29) is 25.4 Å². The first-order chi connectivity index (χ1) is 14.8. The quantitative estimate of drug-likeness (QED) is 0.511. The predicted molar refractivity (Wildman–Crippen MR) is 110 cm³/mol. The first-order valence-corrected chi connectivity index (χ1v) is 9.90. The largest absolute Gasteiger partial charge is 0.469 e. The van der Waals surface area contributed by atoms with Crippen molar-refractivity contribution in [3.8, 4) is 0 Å². The van der Waals surface area contributed by atoms with Crippen LogP contribution in [0, 0.1) is 17.6 Å². The fourth-order valence-corrected chi connectivity index (χ4v) is 3.19. The highest BCUT2D eigenvalue weighted by atomic mass is 19.2. The average Bonchev–Trinajstić information content (AvgIpc) is 3.14. The van der Waals surface area contributed by atoms with E-state index in [4.69, 9.17) is 0 Å². The van der Waals surface area contributed by atoms with Crippen molar-refractivity contribution < 1.29 is 23.1 Å². The number of carbonyl (C=O) groups is 2. The minimum atomic E-state index is -1.00. The van der Waals surface area contributed by atoms with Gasteiger partial charge in [0.15, 0.2) is 17.3 Å². The maximum Gasteiger partial charge on any atom is 0.307 e. The van der Waals surface area contributed by atoms with Crippen molar-refractivity contribution in [2.45, 2.75) is 33.4 Å². The number of fused-ring (bicyclic) bond motifs is 1. The molecule has 2 aromatic heterocycles. The van der Waals surface area contributed by atoms with Gasteiger partial charge in [-0.25, -0.2) is 18.4 Å². The van der Waals surface area contributed by atoms with Gasteiger partial charge in [0.2, 0.25) is 0 Å². The lowest BCUT2D eigenvalue weighted by atomic mass is 10.1. The number of benzene rings is 1. The highest BCUT2D eigenvalue weighted by Crippen LogP contribution is 2.18. The molecule has 0 saturated heterocycles. The van der Waals surface area contributed by atoms with Crippen LogP contribution in [0.4, 0.5) is 8.78 Å². The molecule has 0 atom stereocenters. The minimum absolute atomic E-state index is 0.00231. The smallest absolute Gasteiger partial charge is 0.307 e. The number of halogens is 2. The highest BCUT2D eigenvalue weighted by Gasteiger charge is 2.20. The molecule has 0 aliphatic rings. The molecule has 2 heterocycles. The maximum absolute atomic E-state index is 13.6. The van der Waals surface area contributed by atoms with Gasteiger partial charge < -0.3 is 9.64 Å². The Kier molecular flexibility index (Phi) is 6.94. The summed E-state index contributed by atoms with van der Waals surface area (Å²) in [6.45, 7) is 4.89. The molecule has 0 unspecified atom stereocenters. The highest BCUT2D eigenvalue weighted by molar-refractivity contribution is 5.97. The first kappa shape index (κ1) is 22.3. The van der Waals surface area contributed by atoms with Gasteiger partial charge in [0.1, 0.15) is 0 Å². The van der Waals surface area contributed by atoms with Crippen molar-refractivity contribution in [2.75, 3.05) is 13.7 Å². The van der Waals surface area contributed by atoms with E-state index in [0.29, 0.717) is 34.6 Å². The van der Waals surface area contributed by atoms with E-state index in [1.807, 2.05) is 0 Å². The number of carbonyl (C=O) groups excluding carboxylic acids is 2. The number of rotatable bonds is 8. The fourth-order valence-electron chi connectivity index (χ4n) is 3.19. The zero-order valence-corrected chi connectivity index (χ0v) is 17.6. The number of pyridine rings is 1. The molecule has 31 heavy (non-hydrogen) atoms. The van der Waals surface area contributed by atoms with Crippen molar-refractivity contribution in [3.05, 3.63) is 59.4 Å². The van der Waals surface area contributed by atoms with Crippen LogP contribution in [0.3, 0.4) is 0 Å². The van der Waals surface area contributed by atoms with Gasteiger partial charge in [-0.2, -0.15) is 5.10 Å². The van der Waals surface area contributed by atoms with E-state index in [0.717, 1.165) is 12.1 Å². The van der Waals surface area contributed by atoms with Gasteiger partial charge in [-0.3, -0.25) is 9.59 Å². The number of amides is 1. The van der Waals surface area contributed by atoms with Gasteiger partial charge in [-0.15, -0.1) is 0 Å². The topological polar surface area (TPSA) is 77.3 Å². The third-order valence-electron chi connectivity index (χ3n) is 4.72. The van der Waals surface area contributed by atoms with E-state index in [2.05, 4.69) is 28.7 Å². The standard InChI is InChI=1S/C22H24F2N4O3/c1-14(2)12-28-21-16(11-26-28)9-17(10-25-21)22(30)27(7-6-20(29)31-3)13-15-4-5-18(23)19(24)8-15/h4-5,8-11,14H,6-7,12-13H2,1-3H3. The predicted octanol–water partition coefficient (Wildman–Crippen LogP) is 3.57. The van der Waals surface area contributed by atoms with E-state index in [1.54, 1.807) is 16.9 Å². The number of nitrogens with zero attached hydrogens (tertiary/aromatic N) is 4. The third-order valence-corrected chi connectivity index (χ3v) is 4.72. The average molecular weight is 430 g/mol. The number of methoxy groups -OCH3 is 1. The summed E-state index contributed by atoms with van der Waals surface area (Å²) < 4.78 is 33.3. The SMILES string of the molecule is COC(=O)CCN(Cc1ccc(F)c(F)c1)C(=O)c1cnc2c(cnn2CC(C)C)c1. The number of hydrogen-bond acceptors (Lipinski definition) is 5. The first-order valence-electron chi connectivity index (χ1n) is 9.90. The second-order valence-electron chi connectivity index (χ2n) is 7.66. The Morgan fingerprint density at radius 2 is 1.94 bits per heavy atom. The third kappa shape index (κ3) is 5.42. The minimum Gasteiger partial charge on any atom is -0.469 e. The van der Waals surface area contributed by atoms with Gasteiger partial charge in [-0.1, -0.05) is 19.9 Å². The molecule has 164 valence electrons. The Bertz CT molecular complexity index is 1100. The van der Waals surface area contributed by atoms with Crippen LogP contribution in [0.2, 0.25) is 0 Å². The Balaban J connectivity index is 1.87. The lowest BCUT2D eigenvalue weighted by molar-refractivity contribution is -0.140. The van der Waals surface area contributed by atoms with Gasteiger partial charge in [0.25, 0.3) is 5.91 Å². The van der Waals surface area contributed by atoms with Gasteiger partial charge in [0, 0.05) is 31.2 Å². The molecule has 3 aromatic rings. The Labute approximate surface area is 178 Å². The van der Waals surface area contributed by atoms with Crippen LogP contribution in [0.1, 0.15) is 36.2 Å². The second-order valence-corrected chi connectivity index (χ2v) is 7.66. The zero-order chi connectivity index (χ0) is 22.5. The number of esters is 1. The fraction of sp³-hybridized carbons (Fsp3) is 0.364. The van der Waals surface area contributed by atoms with Crippen LogP contribution in [0.5, 0.6) is 0 Å². The molecule has 9 heteroatoms. The van der Waals surface area contributed by atoms with E-state index in [9.17, 15) is 18.4 Å². The summed E-state index contributed by atoms with van der Waals surface area (Å²) in [7, 11) is 1.26. The molecule has 1 amide bonds. The molecule has 0 spiro atoms. The summed E-state index contributed by atoms with van der Waals surface area (Å²) in [5.41, 5.74) is 1.38. The molecule has 0 radical (unpaired) electrons. The molecule has 7 nitrogen and oxygen atoms in total. The van der Waals surface area contributed by atoms with Crippen molar-refractivity contribution in [2.24, 2.45) is 5.92 Å². The van der Waals surface area contributed by atoms with Crippen molar-refractivity contribution in [1.82, 2.24) is 19.7 Å². The Hall–Kier alpha value is -3.36. The van der Waals surface area contributed by atoms with Gasteiger partial charge in [-0.05, 0) is 29.7 Å². The Morgan fingerprint density at radius 1 is 1.16 bits per heavy atom. The van der Waals surface area contributed by atoms with Crippen molar-refractivity contribution in [3.63, 3.8) is 0 Å². The number of hydrogen-bond donors (Lipinski definition) is 0. The molecular weight excluding hydrogens is 406 g/mol. The number of ether oxygens (including phenoxy) is 1. The lowest BCUT2D eigenvalue weighted by Gasteiger charge is -2.22. The Morgan fingerprint density at radius 3 is 2.61 bits per heavy atom. The van der Waals surface area contributed by atoms with E-state index >= 15 is 0 Å². The molecule has 0 aliphatic heterocycles. The molecule has 1 aromatic carbocycles. The zero-order valence-electron chi connectivity index (χ0n) is 17.6. The summed E-state index contributed by atoms with van der Waals surface area (Å²) in [6.07, 6.45) is 3.07. The van der Waals surface area contributed by atoms with E-state index < -0.39 is 17.6 Å². The van der Waals surface area contributed by atoms with Crippen LogP contribution in [0.25, 0.3) is 11.0 Å². The van der Waals surface area contributed by atoms with Crippen molar-refractivity contribution in [1.29, 1.82) is 0 Å². The second kappa shape index (κ2) is 9.63. The van der Waals surface area contributed by atoms with Crippen LogP contribution in [0.15, 0.2) is 36.7 Å². The molecule has 0 bridgehead atoms. The van der Waals surface area contributed by atoms with Crippen LogP contribution in [-0.4, -0.2) is 45.2 Å². The molecule has 3 rings (SSSR count). The molecule has 0 aliphatic carbocycles. The summed E-state index contributed by atoms with van der Waals surface area (Å²) in [4.78, 5) is 30.5. The van der Waals surface area contributed by atoms with Crippen LogP contribution in [-0.2, 0) is 22.6 Å². The normalized spacial score (nSPS) is 11.2. The summed E-state index contributed by atoms with van der Waals surface area (Å²) in [5.74, 6) is -2.45. The maximum atomic E-state index is 13.6. The summed E-state index contributed by atoms with van der Waals surface area (Å²) in [6, 6.07) is 5.12. The van der Waals surface area contributed by atoms with Gasteiger partial charge in [0.05, 0.1) is 25.3 Å². The number of aromatic nitrogens is 3. The van der Waals surface area contributed by atoms with Crippen molar-refractivity contribution >= 4 is 22.9 Å². The molecule has 0 fully saturated rings. The van der Waals surface area contributed by atoms with Crippen LogP contribution >= 0.6 is 0 Å². The summed E-state index contributed by atoms with van der Waals surface area (Å²) in [5, 5.41) is 5.04. The molecule has 0 N–H and O–H groups in total. The molecular formula is C22H24F2N4O3. The summed E-state index contributed by atoms with van der Waals surface area (Å²) >= 11 is 0. The monoisotopic (exact) mass is 430 g/mol. The van der Waals surface area contributed by atoms with Crippen LogP contribution < -0.4 is 0 Å². The van der Waals surface area contributed by atoms with E-state index in [1.165, 1.54) is 24.3 Å². The van der Waals surface area contributed by atoms with Gasteiger partial charge >= 0.3 is 5.97 Å².